The van der Waals surface area contributed by atoms with E-state index in [2.05, 4.69) is 5.73 Å². The third-order valence-corrected chi connectivity index (χ3v) is 3.86. The predicted octanol–water partition coefficient (Wildman–Crippen LogP) is 4.93. The van der Waals surface area contributed by atoms with Crippen molar-refractivity contribution in [2.24, 2.45) is 5.73 Å². The van der Waals surface area contributed by atoms with Gasteiger partial charge in [-0.15, -0.1) is 0 Å². The molecule has 0 amide bonds. The maximum Gasteiger partial charge on any atom is 0.416 e. The van der Waals surface area contributed by atoms with Crippen LogP contribution in [0.2, 0.25) is 5.02 Å². The van der Waals surface area contributed by atoms with Crippen molar-refractivity contribution < 1.29 is 17.9 Å². The summed E-state index contributed by atoms with van der Waals surface area (Å²) in [7, 11) is 1.50. The summed E-state index contributed by atoms with van der Waals surface area (Å²) >= 11 is 6.07. The van der Waals surface area contributed by atoms with Gasteiger partial charge in [-0.05, 0) is 43.7 Å². The van der Waals surface area contributed by atoms with E-state index in [-0.39, 0.29) is 5.02 Å². The molecule has 0 aromatic heterocycles. The van der Waals surface area contributed by atoms with Gasteiger partial charge in [0.2, 0.25) is 0 Å². The van der Waals surface area contributed by atoms with E-state index >= 15 is 0 Å². The third-order valence-electron chi connectivity index (χ3n) is 3.55. The molecule has 0 aliphatic carbocycles. The van der Waals surface area contributed by atoms with E-state index in [4.69, 9.17) is 16.3 Å². The van der Waals surface area contributed by atoms with Gasteiger partial charge in [-0.2, -0.15) is 13.2 Å². The average molecular weight is 344 g/mol. The Bertz CT molecular complexity index is 686. The Balaban J connectivity index is 0.000000924. The highest BCUT2D eigenvalue weighted by atomic mass is 35.5. The minimum absolute atomic E-state index is 0.101. The molecule has 2 aromatic carbocycles. The number of alkyl halides is 3. The van der Waals surface area contributed by atoms with Gasteiger partial charge >= 0.3 is 6.18 Å². The minimum Gasteiger partial charge on any atom is -0.493 e. The quantitative estimate of drug-likeness (QED) is 0.797. The summed E-state index contributed by atoms with van der Waals surface area (Å²) < 4.78 is 43.7. The van der Waals surface area contributed by atoms with Crippen LogP contribution in [0, 0.1) is 0 Å². The van der Waals surface area contributed by atoms with Crippen molar-refractivity contribution in [3.63, 3.8) is 0 Å². The molecule has 124 valence electrons. The Morgan fingerprint density at radius 1 is 1.09 bits per heavy atom. The number of halogens is 4. The van der Waals surface area contributed by atoms with Crippen molar-refractivity contribution in [1.29, 1.82) is 0 Å². The van der Waals surface area contributed by atoms with Gasteiger partial charge in [0.15, 0.2) is 0 Å². The number of ether oxygens (including phenoxy) is 1. The average Bonchev–Trinajstić information content (AvgIpc) is 2.55. The van der Waals surface area contributed by atoms with E-state index in [0.29, 0.717) is 12.2 Å². The van der Waals surface area contributed by atoms with Crippen LogP contribution >= 0.6 is 11.6 Å². The summed E-state index contributed by atoms with van der Waals surface area (Å²) in [5.41, 5.74) is 6.21. The Morgan fingerprint density at radius 3 is 2.48 bits per heavy atom. The topological polar surface area (TPSA) is 35.2 Å². The molecule has 1 heterocycles. The predicted molar refractivity (Wildman–Crippen MR) is 85.8 cm³/mol. The van der Waals surface area contributed by atoms with Crippen LogP contribution in [0.25, 0.3) is 11.1 Å². The van der Waals surface area contributed by atoms with Crippen molar-refractivity contribution in [3.05, 3.63) is 52.5 Å². The number of nitrogens with two attached hydrogens (primary N) is 1. The first-order valence-electron chi connectivity index (χ1n) is 7.16. The van der Waals surface area contributed by atoms with Crippen LogP contribution in [0.4, 0.5) is 13.2 Å². The Hall–Kier alpha value is -1.72. The lowest BCUT2D eigenvalue weighted by molar-refractivity contribution is -0.137. The van der Waals surface area contributed by atoms with Crippen LogP contribution < -0.4 is 10.5 Å². The minimum atomic E-state index is -4.39. The third kappa shape index (κ3) is 3.79. The van der Waals surface area contributed by atoms with Crippen LogP contribution in [0.15, 0.2) is 36.4 Å². The van der Waals surface area contributed by atoms with E-state index < -0.39 is 11.7 Å². The summed E-state index contributed by atoms with van der Waals surface area (Å²) in [5, 5.41) is 0.101. The summed E-state index contributed by atoms with van der Waals surface area (Å²) in [5.74, 6) is 0.787. The van der Waals surface area contributed by atoms with Crippen LogP contribution in [0.5, 0.6) is 5.75 Å². The highest BCUT2D eigenvalue weighted by Crippen LogP contribution is 2.39. The summed E-state index contributed by atoms with van der Waals surface area (Å²) in [6, 6.07) is 9.02. The van der Waals surface area contributed by atoms with Crippen molar-refractivity contribution in [2.75, 3.05) is 13.7 Å². The van der Waals surface area contributed by atoms with Crippen molar-refractivity contribution in [1.82, 2.24) is 0 Å². The molecular formula is C17H17ClF3NO. The second kappa shape index (κ2) is 7.23. The van der Waals surface area contributed by atoms with E-state index in [1.165, 1.54) is 13.1 Å². The molecule has 1 aliphatic rings. The standard InChI is InChI=1S/C16H12ClF3O.CH5N/c17-14-9-10(16(18,19)20)6-7-12(14)11-3-1-5-15-13(11)4-2-8-21-15;1-2/h1,3,5-7,9H,2,4,8H2;2H2,1H3. The van der Waals surface area contributed by atoms with Gasteiger partial charge in [-0.3, -0.25) is 0 Å². The molecule has 1 aliphatic heterocycles. The lowest BCUT2D eigenvalue weighted by atomic mass is 9.94. The summed E-state index contributed by atoms with van der Waals surface area (Å²) in [4.78, 5) is 0. The first kappa shape index (κ1) is 17.6. The molecule has 2 N–H and O–H groups in total. The normalized spacial score (nSPS) is 13.5. The molecule has 6 heteroatoms. The number of hydrogen-bond donors (Lipinski definition) is 1. The zero-order valence-corrected chi connectivity index (χ0v) is 13.3. The first-order chi connectivity index (χ1) is 11.0. The smallest absolute Gasteiger partial charge is 0.416 e. The monoisotopic (exact) mass is 343 g/mol. The zero-order chi connectivity index (χ0) is 17.0. The van der Waals surface area contributed by atoms with Crippen LogP contribution in [0.1, 0.15) is 17.5 Å². The SMILES string of the molecule is CN.FC(F)(F)c1ccc(-c2cccc3c2CCCO3)c(Cl)c1. The second-order valence-electron chi connectivity index (χ2n) is 4.93. The fourth-order valence-electron chi connectivity index (χ4n) is 2.55. The maximum absolute atomic E-state index is 12.7. The van der Waals surface area contributed by atoms with Crippen LogP contribution in [0.3, 0.4) is 0 Å². The maximum atomic E-state index is 12.7. The molecule has 23 heavy (non-hydrogen) atoms. The lowest BCUT2D eigenvalue weighted by Gasteiger charge is -2.21. The molecule has 2 nitrogen and oxygen atoms in total. The van der Waals surface area contributed by atoms with Crippen LogP contribution in [-0.2, 0) is 12.6 Å². The van der Waals surface area contributed by atoms with Crippen molar-refractivity contribution >= 4 is 11.6 Å². The second-order valence-corrected chi connectivity index (χ2v) is 5.33. The van der Waals surface area contributed by atoms with Gasteiger partial charge in [-0.25, -0.2) is 0 Å². The molecule has 0 bridgehead atoms. The van der Waals surface area contributed by atoms with Crippen molar-refractivity contribution in [3.8, 4) is 16.9 Å². The summed E-state index contributed by atoms with van der Waals surface area (Å²) in [6.07, 6.45) is -2.66. The highest BCUT2D eigenvalue weighted by Gasteiger charge is 2.31. The fourth-order valence-corrected chi connectivity index (χ4v) is 2.83. The zero-order valence-electron chi connectivity index (χ0n) is 12.6. The number of fused-ring (bicyclic) bond motifs is 1. The molecule has 0 atom stereocenters. The van der Waals surface area contributed by atoms with E-state index in [1.54, 1.807) is 0 Å². The number of rotatable bonds is 1. The Morgan fingerprint density at radius 2 is 1.83 bits per heavy atom. The highest BCUT2D eigenvalue weighted by molar-refractivity contribution is 6.33. The van der Waals surface area contributed by atoms with Crippen molar-refractivity contribution in [2.45, 2.75) is 19.0 Å². The van der Waals surface area contributed by atoms with E-state index in [0.717, 1.165) is 41.9 Å². The van der Waals surface area contributed by atoms with Gasteiger partial charge in [0.1, 0.15) is 5.75 Å². The van der Waals surface area contributed by atoms with Crippen LogP contribution in [-0.4, -0.2) is 13.7 Å². The molecule has 0 saturated heterocycles. The summed E-state index contributed by atoms with van der Waals surface area (Å²) in [6.45, 7) is 0.664. The first-order valence-corrected chi connectivity index (χ1v) is 7.54. The van der Waals surface area contributed by atoms with Gasteiger partial charge < -0.3 is 10.5 Å². The Labute approximate surface area is 138 Å². The lowest BCUT2D eigenvalue weighted by Crippen LogP contribution is -2.09. The van der Waals surface area contributed by atoms with Gasteiger partial charge in [-0.1, -0.05) is 29.8 Å². The molecule has 3 rings (SSSR count). The Kier molecular flexibility index (Phi) is 5.55. The number of hydrogen-bond acceptors (Lipinski definition) is 2. The largest absolute Gasteiger partial charge is 0.493 e. The molecular weight excluding hydrogens is 327 g/mol. The molecule has 0 unspecified atom stereocenters. The molecule has 0 saturated carbocycles. The fraction of sp³-hybridized carbons (Fsp3) is 0.294. The molecule has 2 aromatic rings. The van der Waals surface area contributed by atoms with Gasteiger partial charge in [0.25, 0.3) is 0 Å². The molecule has 0 radical (unpaired) electrons. The van der Waals surface area contributed by atoms with E-state index in [1.807, 2.05) is 18.2 Å². The molecule has 0 spiro atoms. The van der Waals surface area contributed by atoms with E-state index in [9.17, 15) is 13.2 Å². The van der Waals surface area contributed by atoms with Gasteiger partial charge in [0.05, 0.1) is 12.2 Å². The number of benzene rings is 2. The molecule has 0 fully saturated rings. The van der Waals surface area contributed by atoms with Gasteiger partial charge in [0, 0.05) is 16.1 Å².